The number of nitrogens with one attached hydrogen (secondary N) is 1. The lowest BCUT2D eigenvalue weighted by atomic mass is 10.2. The second kappa shape index (κ2) is 6.09. The van der Waals surface area contributed by atoms with E-state index in [0.29, 0.717) is 21.3 Å². The van der Waals surface area contributed by atoms with Gasteiger partial charge in [0.15, 0.2) is 5.13 Å². The summed E-state index contributed by atoms with van der Waals surface area (Å²) in [6, 6.07) is 4.40. The number of nitrogen functional groups attached to an aromatic ring is 1. The Morgan fingerprint density at radius 3 is 2.86 bits per heavy atom. The predicted molar refractivity (Wildman–Crippen MR) is 84.6 cm³/mol. The van der Waals surface area contributed by atoms with E-state index in [2.05, 4.69) is 10.3 Å². The molecule has 0 bridgehead atoms. The van der Waals surface area contributed by atoms with Gasteiger partial charge in [0.05, 0.1) is 0 Å². The van der Waals surface area contributed by atoms with Crippen molar-refractivity contribution in [2.75, 3.05) is 29.5 Å². The molecule has 0 saturated carbocycles. The highest BCUT2D eigenvalue weighted by Crippen LogP contribution is 2.28. The molecule has 0 aliphatic heterocycles. The van der Waals surface area contributed by atoms with Gasteiger partial charge in [0, 0.05) is 19.3 Å². The standard InChI is InChI=1S/C14H17FN4OS/c1-4-19(3)14-18-12(16)11(21-14)13(20)17-9-5-6-10(15)8(2)7-9/h5-7H,4,16H2,1-3H3,(H,17,20). The summed E-state index contributed by atoms with van der Waals surface area (Å²) in [6.45, 7) is 4.39. The first-order chi connectivity index (χ1) is 9.92. The molecule has 1 heterocycles. The van der Waals surface area contributed by atoms with E-state index in [0.717, 1.165) is 6.54 Å². The maximum absolute atomic E-state index is 13.2. The van der Waals surface area contributed by atoms with E-state index in [9.17, 15) is 9.18 Å². The van der Waals surface area contributed by atoms with Gasteiger partial charge in [-0.1, -0.05) is 11.3 Å². The van der Waals surface area contributed by atoms with Crippen LogP contribution in [0.5, 0.6) is 0 Å². The number of thiazole rings is 1. The molecule has 7 heteroatoms. The predicted octanol–water partition coefficient (Wildman–Crippen LogP) is 2.88. The van der Waals surface area contributed by atoms with Crippen LogP contribution < -0.4 is 16.0 Å². The Labute approximate surface area is 126 Å². The summed E-state index contributed by atoms with van der Waals surface area (Å²) in [5.41, 5.74) is 6.79. The Hall–Kier alpha value is -2.15. The van der Waals surface area contributed by atoms with Crippen LogP contribution in [-0.4, -0.2) is 24.5 Å². The highest BCUT2D eigenvalue weighted by Gasteiger charge is 2.18. The van der Waals surface area contributed by atoms with Crippen LogP contribution in [0, 0.1) is 12.7 Å². The van der Waals surface area contributed by atoms with Gasteiger partial charge >= 0.3 is 0 Å². The van der Waals surface area contributed by atoms with Crippen LogP contribution in [-0.2, 0) is 0 Å². The Kier molecular flexibility index (Phi) is 4.42. The molecule has 0 spiro atoms. The fourth-order valence-electron chi connectivity index (χ4n) is 1.69. The Morgan fingerprint density at radius 1 is 1.52 bits per heavy atom. The number of amides is 1. The van der Waals surface area contributed by atoms with Gasteiger partial charge in [-0.15, -0.1) is 0 Å². The molecule has 0 fully saturated rings. The molecule has 2 aromatic rings. The average Bonchev–Trinajstić information content (AvgIpc) is 2.84. The number of hydrogen-bond donors (Lipinski definition) is 2. The van der Waals surface area contributed by atoms with Crippen molar-refractivity contribution in [3.05, 3.63) is 34.5 Å². The van der Waals surface area contributed by atoms with Gasteiger partial charge in [0.1, 0.15) is 16.5 Å². The van der Waals surface area contributed by atoms with Crippen molar-refractivity contribution in [1.82, 2.24) is 4.98 Å². The van der Waals surface area contributed by atoms with Gasteiger partial charge in [-0.3, -0.25) is 4.79 Å². The maximum Gasteiger partial charge on any atom is 0.269 e. The number of carbonyl (C=O) groups excluding carboxylic acids is 1. The third-order valence-corrected chi connectivity index (χ3v) is 4.25. The SMILES string of the molecule is CCN(C)c1nc(N)c(C(=O)Nc2ccc(F)c(C)c2)s1. The summed E-state index contributed by atoms with van der Waals surface area (Å²) < 4.78 is 13.2. The number of benzene rings is 1. The highest BCUT2D eigenvalue weighted by atomic mass is 32.1. The minimum atomic E-state index is -0.341. The molecule has 2 rings (SSSR count). The normalized spacial score (nSPS) is 10.5. The molecule has 3 N–H and O–H groups in total. The summed E-state index contributed by atoms with van der Waals surface area (Å²) in [6.07, 6.45) is 0. The number of rotatable bonds is 4. The molecule has 0 aliphatic rings. The molecule has 0 radical (unpaired) electrons. The van der Waals surface area contributed by atoms with Crippen LogP contribution in [0.3, 0.4) is 0 Å². The van der Waals surface area contributed by atoms with Crippen molar-refractivity contribution in [2.24, 2.45) is 0 Å². The molecule has 0 aliphatic carbocycles. The molecule has 5 nitrogen and oxygen atoms in total. The van der Waals surface area contributed by atoms with Gasteiger partial charge < -0.3 is 16.0 Å². The Balaban J connectivity index is 2.20. The second-order valence-electron chi connectivity index (χ2n) is 4.64. The van der Waals surface area contributed by atoms with E-state index in [1.165, 1.54) is 23.5 Å². The zero-order chi connectivity index (χ0) is 15.6. The van der Waals surface area contributed by atoms with Crippen LogP contribution >= 0.6 is 11.3 Å². The lowest BCUT2D eigenvalue weighted by molar-refractivity contribution is 0.103. The molecule has 21 heavy (non-hydrogen) atoms. The van der Waals surface area contributed by atoms with Crippen LogP contribution in [0.2, 0.25) is 0 Å². The third-order valence-electron chi connectivity index (χ3n) is 3.07. The zero-order valence-electron chi connectivity index (χ0n) is 12.1. The third kappa shape index (κ3) is 3.30. The van der Waals surface area contributed by atoms with Crippen molar-refractivity contribution in [3.8, 4) is 0 Å². The fraction of sp³-hybridized carbons (Fsp3) is 0.286. The van der Waals surface area contributed by atoms with Crippen LogP contribution in [0.1, 0.15) is 22.2 Å². The molecule has 1 aromatic carbocycles. The number of hydrogen-bond acceptors (Lipinski definition) is 5. The van der Waals surface area contributed by atoms with Crippen molar-refractivity contribution in [2.45, 2.75) is 13.8 Å². The van der Waals surface area contributed by atoms with Gasteiger partial charge in [0.2, 0.25) is 0 Å². The number of anilines is 3. The molecule has 112 valence electrons. The quantitative estimate of drug-likeness (QED) is 0.911. The molecule has 1 amide bonds. The van der Waals surface area contributed by atoms with Crippen molar-refractivity contribution >= 4 is 33.9 Å². The van der Waals surface area contributed by atoms with Crippen LogP contribution in [0.15, 0.2) is 18.2 Å². The van der Waals surface area contributed by atoms with Gasteiger partial charge in [-0.2, -0.15) is 0 Å². The molecule has 0 saturated heterocycles. The first-order valence-electron chi connectivity index (χ1n) is 6.47. The van der Waals surface area contributed by atoms with Gasteiger partial charge in [-0.25, -0.2) is 9.37 Å². The summed E-state index contributed by atoms with van der Waals surface area (Å²) in [4.78, 5) is 18.7. The average molecular weight is 308 g/mol. The molecule has 1 aromatic heterocycles. The topological polar surface area (TPSA) is 71.2 Å². The molecule has 0 atom stereocenters. The largest absolute Gasteiger partial charge is 0.382 e. The summed E-state index contributed by atoms with van der Waals surface area (Å²) in [7, 11) is 1.88. The fourth-order valence-corrected chi connectivity index (χ4v) is 2.60. The number of nitrogens with zero attached hydrogens (tertiary/aromatic N) is 2. The first-order valence-corrected chi connectivity index (χ1v) is 7.29. The minimum absolute atomic E-state index is 0.201. The van der Waals surface area contributed by atoms with Crippen molar-refractivity contribution in [3.63, 3.8) is 0 Å². The maximum atomic E-state index is 13.2. The monoisotopic (exact) mass is 308 g/mol. The molecular formula is C14H17FN4OS. The van der Waals surface area contributed by atoms with Crippen molar-refractivity contribution in [1.29, 1.82) is 0 Å². The second-order valence-corrected chi connectivity index (χ2v) is 5.62. The number of aromatic nitrogens is 1. The minimum Gasteiger partial charge on any atom is -0.382 e. The van der Waals surface area contributed by atoms with Gasteiger partial charge in [-0.05, 0) is 37.6 Å². The Bertz CT molecular complexity index is 671. The van der Waals surface area contributed by atoms with E-state index >= 15 is 0 Å². The van der Waals surface area contributed by atoms with Crippen LogP contribution in [0.4, 0.5) is 21.0 Å². The lowest BCUT2D eigenvalue weighted by Gasteiger charge is -2.10. The van der Waals surface area contributed by atoms with E-state index in [4.69, 9.17) is 5.73 Å². The number of carbonyl (C=O) groups is 1. The molecule has 0 unspecified atom stereocenters. The van der Waals surface area contributed by atoms with E-state index in [-0.39, 0.29) is 17.5 Å². The van der Waals surface area contributed by atoms with E-state index in [1.54, 1.807) is 13.0 Å². The number of halogens is 1. The highest BCUT2D eigenvalue weighted by molar-refractivity contribution is 7.18. The number of nitrogens with two attached hydrogens (primary N) is 1. The number of aryl methyl sites for hydroxylation is 1. The summed E-state index contributed by atoms with van der Waals surface area (Å²) in [5.74, 6) is -0.449. The Morgan fingerprint density at radius 2 is 2.24 bits per heavy atom. The summed E-state index contributed by atoms with van der Waals surface area (Å²) >= 11 is 1.23. The van der Waals surface area contributed by atoms with Crippen LogP contribution in [0.25, 0.3) is 0 Å². The van der Waals surface area contributed by atoms with E-state index < -0.39 is 0 Å². The van der Waals surface area contributed by atoms with Crippen molar-refractivity contribution < 1.29 is 9.18 Å². The zero-order valence-corrected chi connectivity index (χ0v) is 12.9. The lowest BCUT2D eigenvalue weighted by Crippen LogP contribution is -2.15. The first kappa shape index (κ1) is 15.2. The molecular weight excluding hydrogens is 291 g/mol. The van der Waals surface area contributed by atoms with E-state index in [1.807, 2.05) is 18.9 Å². The smallest absolute Gasteiger partial charge is 0.269 e. The summed E-state index contributed by atoms with van der Waals surface area (Å²) in [5, 5.41) is 3.39. The van der Waals surface area contributed by atoms with Gasteiger partial charge in [0.25, 0.3) is 5.91 Å².